The van der Waals surface area contributed by atoms with E-state index in [9.17, 15) is 4.79 Å². The van der Waals surface area contributed by atoms with Gasteiger partial charge >= 0.3 is 5.97 Å². The van der Waals surface area contributed by atoms with Crippen molar-refractivity contribution in [1.82, 2.24) is 0 Å². The Morgan fingerprint density at radius 3 is 2.32 bits per heavy atom. The van der Waals surface area contributed by atoms with E-state index in [0.29, 0.717) is 17.9 Å². The van der Waals surface area contributed by atoms with Crippen molar-refractivity contribution >= 4 is 5.97 Å². The fourth-order valence-electron chi connectivity index (χ4n) is 2.68. The van der Waals surface area contributed by atoms with Crippen LogP contribution in [-0.4, -0.2) is 25.8 Å². The van der Waals surface area contributed by atoms with E-state index in [0.717, 1.165) is 24.2 Å². The first-order valence-corrected chi connectivity index (χ1v) is 9.37. The van der Waals surface area contributed by atoms with Gasteiger partial charge in [-0.3, -0.25) is 4.79 Å². The Kier molecular flexibility index (Phi) is 7.01. The Labute approximate surface area is 164 Å². The molecule has 0 atom stereocenters. The Hall–Kier alpha value is -2.88. The normalized spacial score (nSPS) is 18.9. The van der Waals surface area contributed by atoms with Gasteiger partial charge in [0.15, 0.2) is 6.29 Å². The van der Waals surface area contributed by atoms with E-state index in [2.05, 4.69) is 6.92 Å². The highest BCUT2D eigenvalue weighted by atomic mass is 16.7. The maximum absolute atomic E-state index is 12.3. The fraction of sp³-hybridized carbons (Fsp3) is 0.364. The average Bonchev–Trinajstić information content (AvgIpc) is 2.75. The predicted molar refractivity (Wildman–Crippen MR) is 102 cm³/mol. The number of benzene rings is 2. The van der Waals surface area contributed by atoms with Crippen LogP contribution < -0.4 is 9.47 Å². The molecule has 0 aromatic heterocycles. The van der Waals surface area contributed by atoms with Crippen LogP contribution in [0.4, 0.5) is 0 Å². The summed E-state index contributed by atoms with van der Waals surface area (Å²) in [5.41, 5.74) is 1.38. The van der Waals surface area contributed by atoms with Crippen LogP contribution in [0, 0.1) is 17.2 Å². The van der Waals surface area contributed by atoms with Gasteiger partial charge in [0, 0.05) is 5.56 Å². The van der Waals surface area contributed by atoms with Gasteiger partial charge < -0.3 is 18.9 Å². The van der Waals surface area contributed by atoms with Gasteiger partial charge in [0.2, 0.25) is 0 Å². The molecule has 1 aliphatic heterocycles. The van der Waals surface area contributed by atoms with Crippen molar-refractivity contribution in [2.24, 2.45) is 5.92 Å². The minimum Gasteiger partial charge on any atom is -0.494 e. The maximum atomic E-state index is 12.3. The Morgan fingerprint density at radius 1 is 1.07 bits per heavy atom. The van der Waals surface area contributed by atoms with Crippen molar-refractivity contribution in [2.75, 3.05) is 19.8 Å². The molecule has 0 radical (unpaired) electrons. The number of hydrogen-bond donors (Lipinski definition) is 0. The van der Waals surface area contributed by atoms with Crippen molar-refractivity contribution in [1.29, 1.82) is 5.26 Å². The van der Waals surface area contributed by atoms with Crippen molar-refractivity contribution in [3.63, 3.8) is 0 Å². The summed E-state index contributed by atoms with van der Waals surface area (Å²) in [4.78, 5) is 12.3. The minimum atomic E-state index is -0.511. The van der Waals surface area contributed by atoms with Crippen LogP contribution in [0.2, 0.25) is 0 Å². The monoisotopic (exact) mass is 381 g/mol. The van der Waals surface area contributed by atoms with Gasteiger partial charge in [0.1, 0.15) is 17.4 Å². The van der Waals surface area contributed by atoms with E-state index in [4.69, 9.17) is 24.2 Å². The first-order valence-electron chi connectivity index (χ1n) is 9.37. The van der Waals surface area contributed by atoms with E-state index in [1.807, 2.05) is 30.3 Å². The molecular formula is C22H23NO5. The topological polar surface area (TPSA) is 77.8 Å². The maximum Gasteiger partial charge on any atom is 0.319 e. The van der Waals surface area contributed by atoms with Crippen LogP contribution in [0.15, 0.2) is 48.5 Å². The van der Waals surface area contributed by atoms with E-state index >= 15 is 0 Å². The molecule has 2 aromatic rings. The highest BCUT2D eigenvalue weighted by molar-refractivity contribution is 5.75. The molecule has 0 unspecified atom stereocenters. The summed E-state index contributed by atoms with van der Waals surface area (Å²) in [6.07, 6.45) is 1.61. The molecule has 0 bridgehead atoms. The average molecular weight is 381 g/mol. The summed E-state index contributed by atoms with van der Waals surface area (Å²) in [5, 5.41) is 8.80. The molecule has 0 aliphatic carbocycles. The number of esters is 1. The Balaban J connectivity index is 1.48. The standard InChI is InChI=1S/C22H23NO5/c1-2-3-12-25-19-10-6-17(7-11-19)22-26-14-18(15-27-22)21(24)28-20-8-4-16(13-23)5-9-20/h4-11,18,22H,2-3,12,14-15H2,1H3. The number of carbonyl (C=O) groups is 1. The lowest BCUT2D eigenvalue weighted by atomic mass is 10.1. The first kappa shape index (κ1) is 19.9. The number of nitriles is 1. The zero-order chi connectivity index (χ0) is 19.8. The fourth-order valence-corrected chi connectivity index (χ4v) is 2.68. The second-order valence-corrected chi connectivity index (χ2v) is 6.52. The molecule has 1 fully saturated rings. The smallest absolute Gasteiger partial charge is 0.319 e. The molecule has 0 N–H and O–H groups in total. The van der Waals surface area contributed by atoms with Crippen LogP contribution in [0.3, 0.4) is 0 Å². The Bertz CT molecular complexity index is 802. The second kappa shape index (κ2) is 9.88. The largest absolute Gasteiger partial charge is 0.494 e. The molecule has 3 rings (SSSR count). The second-order valence-electron chi connectivity index (χ2n) is 6.52. The van der Waals surface area contributed by atoms with Gasteiger partial charge in [-0.25, -0.2) is 0 Å². The molecule has 0 saturated carbocycles. The van der Waals surface area contributed by atoms with Gasteiger partial charge in [-0.05, 0) is 42.8 Å². The first-order chi connectivity index (χ1) is 13.7. The zero-order valence-electron chi connectivity index (χ0n) is 15.8. The van der Waals surface area contributed by atoms with Crippen molar-refractivity contribution < 1.29 is 23.7 Å². The number of carbonyl (C=O) groups excluding carboxylic acids is 1. The molecule has 1 aliphatic rings. The molecule has 6 nitrogen and oxygen atoms in total. The van der Waals surface area contributed by atoms with Crippen molar-refractivity contribution in [3.05, 3.63) is 59.7 Å². The summed E-state index contributed by atoms with van der Waals surface area (Å²) >= 11 is 0. The number of unbranched alkanes of at least 4 members (excludes halogenated alkanes) is 1. The molecule has 0 spiro atoms. The van der Waals surface area contributed by atoms with Gasteiger partial charge in [0.05, 0.1) is 31.5 Å². The van der Waals surface area contributed by atoms with Gasteiger partial charge in [-0.1, -0.05) is 25.5 Å². The molecule has 0 amide bonds. The number of rotatable bonds is 7. The van der Waals surface area contributed by atoms with E-state index in [-0.39, 0.29) is 13.2 Å². The van der Waals surface area contributed by atoms with Crippen LogP contribution in [0.1, 0.15) is 37.2 Å². The highest BCUT2D eigenvalue weighted by Gasteiger charge is 2.30. The summed E-state index contributed by atoms with van der Waals surface area (Å²) in [5.74, 6) is 0.299. The van der Waals surface area contributed by atoms with Crippen LogP contribution >= 0.6 is 0 Å². The van der Waals surface area contributed by atoms with E-state index in [1.54, 1.807) is 24.3 Å². The third kappa shape index (κ3) is 5.32. The minimum absolute atomic E-state index is 0.217. The lowest BCUT2D eigenvalue weighted by molar-refractivity contribution is -0.210. The third-order valence-electron chi connectivity index (χ3n) is 4.35. The Morgan fingerprint density at radius 2 is 1.71 bits per heavy atom. The zero-order valence-corrected chi connectivity index (χ0v) is 15.8. The quantitative estimate of drug-likeness (QED) is 0.410. The number of nitrogens with zero attached hydrogens (tertiary/aromatic N) is 1. The lowest BCUT2D eigenvalue weighted by Crippen LogP contribution is -2.35. The van der Waals surface area contributed by atoms with Crippen LogP contribution in [0.25, 0.3) is 0 Å². The molecule has 1 heterocycles. The predicted octanol–water partition coefficient (Wildman–Crippen LogP) is 4.00. The van der Waals surface area contributed by atoms with Crippen LogP contribution in [-0.2, 0) is 14.3 Å². The molecule has 28 heavy (non-hydrogen) atoms. The molecular weight excluding hydrogens is 358 g/mol. The number of ether oxygens (including phenoxy) is 4. The summed E-state index contributed by atoms with van der Waals surface area (Å²) in [6.45, 7) is 3.26. The van der Waals surface area contributed by atoms with Gasteiger partial charge in [-0.2, -0.15) is 5.26 Å². The van der Waals surface area contributed by atoms with E-state index < -0.39 is 18.2 Å². The molecule has 2 aromatic carbocycles. The SMILES string of the molecule is CCCCOc1ccc(C2OCC(C(=O)Oc3ccc(C#N)cc3)CO2)cc1. The lowest BCUT2D eigenvalue weighted by Gasteiger charge is -2.28. The third-order valence-corrected chi connectivity index (χ3v) is 4.35. The molecule has 1 saturated heterocycles. The summed E-state index contributed by atoms with van der Waals surface area (Å²) in [6, 6.07) is 16.0. The molecule has 146 valence electrons. The van der Waals surface area contributed by atoms with Crippen molar-refractivity contribution in [3.8, 4) is 17.6 Å². The number of hydrogen-bond acceptors (Lipinski definition) is 6. The molecule has 6 heteroatoms. The highest BCUT2D eigenvalue weighted by Crippen LogP contribution is 2.27. The van der Waals surface area contributed by atoms with Gasteiger partial charge in [-0.15, -0.1) is 0 Å². The van der Waals surface area contributed by atoms with Gasteiger partial charge in [0.25, 0.3) is 0 Å². The summed E-state index contributed by atoms with van der Waals surface area (Å²) < 4.78 is 22.4. The van der Waals surface area contributed by atoms with Crippen LogP contribution in [0.5, 0.6) is 11.5 Å². The van der Waals surface area contributed by atoms with E-state index in [1.165, 1.54) is 0 Å². The van der Waals surface area contributed by atoms with Crippen molar-refractivity contribution in [2.45, 2.75) is 26.1 Å². The summed E-state index contributed by atoms with van der Waals surface area (Å²) in [7, 11) is 0.